The first-order chi connectivity index (χ1) is 15.1. The molecule has 8 heteroatoms. The number of fused-ring (bicyclic) bond motifs is 1. The van der Waals surface area contributed by atoms with E-state index in [9.17, 15) is 4.79 Å². The molecule has 0 atom stereocenters. The molecule has 1 saturated heterocycles. The summed E-state index contributed by atoms with van der Waals surface area (Å²) < 4.78 is 5.53. The number of hydrogen-bond donors (Lipinski definition) is 2. The number of ether oxygens (including phenoxy) is 1. The number of β-amino-alcohol motifs (C(OH)–C–C–N with tert-alkyl or cyclic N) is 1. The van der Waals surface area contributed by atoms with Gasteiger partial charge >= 0.3 is 0 Å². The van der Waals surface area contributed by atoms with Crippen LogP contribution in [-0.4, -0.2) is 71.8 Å². The Kier molecular flexibility index (Phi) is 6.59. The third kappa shape index (κ3) is 5.48. The van der Waals surface area contributed by atoms with Crippen LogP contribution in [0.2, 0.25) is 0 Å². The van der Waals surface area contributed by atoms with Crippen LogP contribution < -0.4 is 15.0 Å². The first-order valence-electron chi connectivity index (χ1n) is 10.4. The molecule has 162 valence electrons. The van der Waals surface area contributed by atoms with Gasteiger partial charge in [0.1, 0.15) is 5.75 Å². The van der Waals surface area contributed by atoms with Crippen LogP contribution in [0.5, 0.6) is 5.75 Å². The number of aryl methyl sites for hydroxylation is 1. The zero-order valence-corrected chi connectivity index (χ0v) is 17.6. The van der Waals surface area contributed by atoms with Gasteiger partial charge in [-0.05, 0) is 37.3 Å². The summed E-state index contributed by atoms with van der Waals surface area (Å²) in [6.45, 7) is 6.28. The van der Waals surface area contributed by atoms with Crippen molar-refractivity contribution in [3.05, 3.63) is 54.2 Å². The van der Waals surface area contributed by atoms with Gasteiger partial charge in [-0.3, -0.25) is 9.69 Å². The molecule has 0 spiro atoms. The number of aliphatic hydroxyl groups excluding tert-OH is 1. The van der Waals surface area contributed by atoms with Crippen LogP contribution in [0, 0.1) is 6.92 Å². The fourth-order valence-corrected chi connectivity index (χ4v) is 3.55. The van der Waals surface area contributed by atoms with E-state index in [1.165, 1.54) is 0 Å². The van der Waals surface area contributed by atoms with E-state index in [-0.39, 0.29) is 19.1 Å². The van der Waals surface area contributed by atoms with Crippen molar-refractivity contribution in [2.45, 2.75) is 6.92 Å². The quantitative estimate of drug-likeness (QED) is 0.604. The van der Waals surface area contributed by atoms with E-state index >= 15 is 0 Å². The number of carbonyl (C=O) groups excluding carboxylic acids is 1. The zero-order chi connectivity index (χ0) is 21.6. The molecule has 31 heavy (non-hydrogen) atoms. The second-order valence-corrected chi connectivity index (χ2v) is 7.65. The maximum absolute atomic E-state index is 12.2. The SMILES string of the molecule is Cc1ccc(OCC(=O)Nc2ccc3nc(N4CCN(CCO)CC4)ncc3c2)cc1. The molecule has 1 aromatic heterocycles. The summed E-state index contributed by atoms with van der Waals surface area (Å²) >= 11 is 0. The molecule has 2 aromatic carbocycles. The van der Waals surface area contributed by atoms with E-state index in [4.69, 9.17) is 9.84 Å². The predicted molar refractivity (Wildman–Crippen MR) is 121 cm³/mol. The zero-order valence-electron chi connectivity index (χ0n) is 17.6. The lowest BCUT2D eigenvalue weighted by Crippen LogP contribution is -2.47. The van der Waals surface area contributed by atoms with Crippen LogP contribution in [0.3, 0.4) is 0 Å². The summed E-state index contributed by atoms with van der Waals surface area (Å²) in [4.78, 5) is 25.8. The number of piperazine rings is 1. The smallest absolute Gasteiger partial charge is 0.262 e. The largest absolute Gasteiger partial charge is 0.484 e. The van der Waals surface area contributed by atoms with Crippen molar-refractivity contribution in [1.82, 2.24) is 14.9 Å². The highest BCUT2D eigenvalue weighted by molar-refractivity contribution is 5.94. The Morgan fingerprint density at radius 1 is 1.13 bits per heavy atom. The molecule has 8 nitrogen and oxygen atoms in total. The van der Waals surface area contributed by atoms with Gasteiger partial charge in [0.2, 0.25) is 5.95 Å². The van der Waals surface area contributed by atoms with Gasteiger partial charge in [0.15, 0.2) is 6.61 Å². The first kappa shape index (κ1) is 21.0. The molecule has 1 amide bonds. The minimum absolute atomic E-state index is 0.0568. The number of nitrogens with one attached hydrogen (secondary N) is 1. The minimum Gasteiger partial charge on any atom is -0.484 e. The highest BCUT2D eigenvalue weighted by Gasteiger charge is 2.18. The Morgan fingerprint density at radius 2 is 1.90 bits per heavy atom. The number of anilines is 2. The fraction of sp³-hybridized carbons (Fsp3) is 0.348. The van der Waals surface area contributed by atoms with Crippen molar-refractivity contribution >= 4 is 28.4 Å². The van der Waals surface area contributed by atoms with Gasteiger partial charge < -0.3 is 20.1 Å². The van der Waals surface area contributed by atoms with Crippen LogP contribution in [0.1, 0.15) is 5.56 Å². The molecule has 3 aromatic rings. The average molecular weight is 422 g/mol. The lowest BCUT2D eigenvalue weighted by Gasteiger charge is -2.34. The monoisotopic (exact) mass is 421 g/mol. The third-order valence-corrected chi connectivity index (χ3v) is 5.31. The molecule has 2 heterocycles. The number of carbonyl (C=O) groups is 1. The van der Waals surface area contributed by atoms with E-state index in [0.29, 0.717) is 23.9 Å². The summed E-state index contributed by atoms with van der Waals surface area (Å²) in [6.07, 6.45) is 1.79. The van der Waals surface area contributed by atoms with Gasteiger partial charge in [0, 0.05) is 50.0 Å². The maximum Gasteiger partial charge on any atom is 0.262 e. The predicted octanol–water partition coefficient (Wildman–Crippen LogP) is 2.07. The number of aromatic nitrogens is 2. The second kappa shape index (κ2) is 9.72. The van der Waals surface area contributed by atoms with Crippen molar-refractivity contribution in [1.29, 1.82) is 0 Å². The van der Waals surface area contributed by atoms with Crippen LogP contribution in [0.25, 0.3) is 10.9 Å². The topological polar surface area (TPSA) is 90.8 Å². The van der Waals surface area contributed by atoms with Crippen molar-refractivity contribution in [3.8, 4) is 5.75 Å². The summed E-state index contributed by atoms with van der Waals surface area (Å²) in [5, 5.41) is 12.8. The van der Waals surface area contributed by atoms with Gasteiger partial charge in [-0.15, -0.1) is 0 Å². The summed E-state index contributed by atoms with van der Waals surface area (Å²) in [6, 6.07) is 13.2. The Hall–Kier alpha value is -3.23. The van der Waals surface area contributed by atoms with E-state index in [1.807, 2.05) is 49.4 Å². The maximum atomic E-state index is 12.2. The van der Waals surface area contributed by atoms with Crippen LogP contribution in [0.15, 0.2) is 48.7 Å². The Bertz CT molecular complexity index is 1030. The van der Waals surface area contributed by atoms with Crippen LogP contribution in [-0.2, 0) is 4.79 Å². The molecule has 0 unspecified atom stereocenters. The molecule has 0 radical (unpaired) electrons. The standard InChI is InChI=1S/C23H27N5O3/c1-17-2-5-20(6-3-17)31-16-22(30)25-19-4-7-21-18(14-19)15-24-23(26-21)28-10-8-27(9-11-28)12-13-29/h2-7,14-15,29H,8-13,16H2,1H3,(H,25,30). The van der Waals surface area contributed by atoms with Gasteiger partial charge in [0.25, 0.3) is 5.91 Å². The van der Waals surface area contributed by atoms with E-state index in [2.05, 4.69) is 25.1 Å². The fourth-order valence-electron chi connectivity index (χ4n) is 3.55. The van der Waals surface area contributed by atoms with Crippen molar-refractivity contribution in [3.63, 3.8) is 0 Å². The molecule has 2 N–H and O–H groups in total. The van der Waals surface area contributed by atoms with E-state index in [0.717, 1.165) is 42.6 Å². The number of benzene rings is 2. The molecular formula is C23H27N5O3. The van der Waals surface area contributed by atoms with Gasteiger partial charge in [-0.2, -0.15) is 0 Å². The number of amides is 1. The third-order valence-electron chi connectivity index (χ3n) is 5.31. The summed E-state index contributed by atoms with van der Waals surface area (Å²) in [7, 11) is 0. The molecule has 1 aliphatic rings. The lowest BCUT2D eigenvalue weighted by molar-refractivity contribution is -0.118. The van der Waals surface area contributed by atoms with Crippen molar-refractivity contribution < 1.29 is 14.6 Å². The number of aliphatic hydroxyl groups is 1. The minimum atomic E-state index is -0.224. The lowest BCUT2D eigenvalue weighted by atomic mass is 10.2. The molecule has 0 saturated carbocycles. The first-order valence-corrected chi connectivity index (χ1v) is 10.4. The molecule has 0 bridgehead atoms. The van der Waals surface area contributed by atoms with Gasteiger partial charge in [-0.25, -0.2) is 9.97 Å². The van der Waals surface area contributed by atoms with Gasteiger partial charge in [0.05, 0.1) is 12.1 Å². The van der Waals surface area contributed by atoms with E-state index in [1.54, 1.807) is 6.20 Å². The number of rotatable bonds is 7. The highest BCUT2D eigenvalue weighted by atomic mass is 16.5. The van der Waals surface area contributed by atoms with Crippen molar-refractivity contribution in [2.24, 2.45) is 0 Å². The number of hydrogen-bond acceptors (Lipinski definition) is 7. The van der Waals surface area contributed by atoms with Crippen LogP contribution in [0.4, 0.5) is 11.6 Å². The van der Waals surface area contributed by atoms with E-state index < -0.39 is 0 Å². The Balaban J connectivity index is 1.35. The average Bonchev–Trinajstić information content (AvgIpc) is 2.79. The summed E-state index contributed by atoms with van der Waals surface area (Å²) in [5.41, 5.74) is 2.65. The molecule has 0 aliphatic carbocycles. The molecular weight excluding hydrogens is 394 g/mol. The summed E-state index contributed by atoms with van der Waals surface area (Å²) in [5.74, 6) is 1.15. The van der Waals surface area contributed by atoms with Crippen molar-refractivity contribution in [2.75, 3.05) is 56.2 Å². The second-order valence-electron chi connectivity index (χ2n) is 7.65. The number of nitrogens with zero attached hydrogens (tertiary/aromatic N) is 4. The van der Waals surface area contributed by atoms with Crippen LogP contribution >= 0.6 is 0 Å². The van der Waals surface area contributed by atoms with Gasteiger partial charge in [-0.1, -0.05) is 17.7 Å². The molecule has 4 rings (SSSR count). The Morgan fingerprint density at radius 3 is 2.65 bits per heavy atom. The normalized spacial score (nSPS) is 14.6. The molecule has 1 aliphatic heterocycles. The highest BCUT2D eigenvalue weighted by Crippen LogP contribution is 2.20. The molecule has 1 fully saturated rings. The Labute approximate surface area is 181 Å².